The third-order valence-corrected chi connectivity index (χ3v) is 6.41. The molecule has 1 amide bonds. The van der Waals surface area contributed by atoms with Crippen LogP contribution in [0.4, 0.5) is 11.4 Å². The van der Waals surface area contributed by atoms with E-state index in [0.29, 0.717) is 31.9 Å². The molecular weight excluding hydrogens is 444 g/mol. The lowest BCUT2D eigenvalue weighted by molar-refractivity contribution is -0.384. The van der Waals surface area contributed by atoms with E-state index < -0.39 is 4.92 Å². The van der Waals surface area contributed by atoms with E-state index in [1.807, 2.05) is 72.1 Å². The van der Waals surface area contributed by atoms with Gasteiger partial charge in [0.05, 0.1) is 16.3 Å². The molecule has 0 radical (unpaired) electrons. The molecular formula is C26H26N6O3. The van der Waals surface area contributed by atoms with Crippen LogP contribution in [0, 0.1) is 17.0 Å². The summed E-state index contributed by atoms with van der Waals surface area (Å²) in [6, 6.07) is 20.3. The Morgan fingerprint density at radius 1 is 0.943 bits per heavy atom. The number of nitro benzene ring substituents is 1. The summed E-state index contributed by atoms with van der Waals surface area (Å²) in [5.74, 6) is -0.0677. The first-order valence-corrected chi connectivity index (χ1v) is 11.5. The van der Waals surface area contributed by atoms with Crippen LogP contribution in [-0.4, -0.2) is 56.3 Å². The largest absolute Gasteiger partial charge is 0.368 e. The number of hydrogen-bond acceptors (Lipinski definition) is 5. The number of nitro groups is 1. The minimum atomic E-state index is -0.402. The molecule has 9 nitrogen and oxygen atoms in total. The summed E-state index contributed by atoms with van der Waals surface area (Å²) in [5.41, 5.74) is 5.16. The average Bonchev–Trinajstić information content (AvgIpc) is 3.50. The summed E-state index contributed by atoms with van der Waals surface area (Å²) < 4.78 is 3.71. The number of anilines is 1. The molecule has 1 fully saturated rings. The summed E-state index contributed by atoms with van der Waals surface area (Å²) in [7, 11) is 1.96. The van der Waals surface area contributed by atoms with Crippen LogP contribution in [0.2, 0.25) is 0 Å². The van der Waals surface area contributed by atoms with Gasteiger partial charge in [-0.25, -0.2) is 4.68 Å². The summed E-state index contributed by atoms with van der Waals surface area (Å²) in [6.45, 7) is 4.42. The average molecular weight is 471 g/mol. The van der Waals surface area contributed by atoms with E-state index in [2.05, 4.69) is 4.90 Å². The Kier molecular flexibility index (Phi) is 5.82. The van der Waals surface area contributed by atoms with Crippen molar-refractivity contribution in [2.24, 2.45) is 7.05 Å². The van der Waals surface area contributed by atoms with Crippen molar-refractivity contribution in [3.8, 4) is 17.1 Å². The Morgan fingerprint density at radius 2 is 1.60 bits per heavy atom. The summed E-state index contributed by atoms with van der Waals surface area (Å²) >= 11 is 0. The molecule has 0 saturated carbocycles. The first-order valence-electron chi connectivity index (χ1n) is 11.5. The van der Waals surface area contributed by atoms with Crippen LogP contribution in [0.15, 0.2) is 72.9 Å². The van der Waals surface area contributed by atoms with Gasteiger partial charge in [0, 0.05) is 57.2 Å². The maximum Gasteiger partial charge on any atom is 0.272 e. The molecule has 0 N–H and O–H groups in total. The second kappa shape index (κ2) is 9.09. The van der Waals surface area contributed by atoms with Crippen LogP contribution in [0.25, 0.3) is 17.1 Å². The van der Waals surface area contributed by atoms with Crippen molar-refractivity contribution in [2.45, 2.75) is 6.92 Å². The highest BCUT2D eigenvalue weighted by Crippen LogP contribution is 2.25. The molecule has 0 spiro atoms. The minimum Gasteiger partial charge on any atom is -0.368 e. The molecule has 1 aliphatic heterocycles. The van der Waals surface area contributed by atoms with Crippen molar-refractivity contribution in [3.05, 3.63) is 94.3 Å². The van der Waals surface area contributed by atoms with E-state index in [9.17, 15) is 14.9 Å². The smallest absolute Gasteiger partial charge is 0.272 e. The highest BCUT2D eigenvalue weighted by atomic mass is 16.6. The number of hydrogen-bond donors (Lipinski definition) is 0. The molecule has 1 aliphatic rings. The van der Waals surface area contributed by atoms with E-state index >= 15 is 0 Å². The van der Waals surface area contributed by atoms with Crippen molar-refractivity contribution in [3.63, 3.8) is 0 Å². The standard InChI is InChI=1S/C26H26N6O3/c1-19-5-7-21(8-6-19)31-25(18-23(27-31)24-4-3-13-28(24)2)26(33)30-16-14-29(15-17-30)20-9-11-22(12-10-20)32(34)35/h3-13,18H,14-17H2,1-2H3. The number of carbonyl (C=O) groups is 1. The minimum absolute atomic E-state index is 0.0677. The molecule has 9 heteroatoms. The van der Waals surface area contributed by atoms with Crippen LogP contribution < -0.4 is 4.90 Å². The normalized spacial score (nSPS) is 13.8. The van der Waals surface area contributed by atoms with Gasteiger partial charge in [0.2, 0.25) is 0 Å². The number of non-ortho nitro benzene ring substituents is 1. The number of nitrogens with zero attached hydrogens (tertiary/aromatic N) is 6. The number of rotatable bonds is 5. The number of benzene rings is 2. The number of carbonyl (C=O) groups excluding carboxylic acids is 1. The Labute approximate surface area is 203 Å². The molecule has 178 valence electrons. The first-order chi connectivity index (χ1) is 16.9. The van der Waals surface area contributed by atoms with Gasteiger partial charge >= 0.3 is 0 Å². The third-order valence-electron chi connectivity index (χ3n) is 6.41. The van der Waals surface area contributed by atoms with Gasteiger partial charge < -0.3 is 14.4 Å². The lowest BCUT2D eigenvalue weighted by Crippen LogP contribution is -2.49. The van der Waals surface area contributed by atoms with Crippen LogP contribution >= 0.6 is 0 Å². The summed E-state index contributed by atoms with van der Waals surface area (Å²) in [4.78, 5) is 28.2. The lowest BCUT2D eigenvalue weighted by Gasteiger charge is -2.36. The van der Waals surface area contributed by atoms with Crippen LogP contribution in [0.1, 0.15) is 16.1 Å². The Balaban J connectivity index is 1.39. The zero-order valence-corrected chi connectivity index (χ0v) is 19.7. The molecule has 3 heterocycles. The van der Waals surface area contributed by atoms with Gasteiger partial charge in [0.15, 0.2) is 0 Å². The first kappa shape index (κ1) is 22.4. The zero-order chi connectivity index (χ0) is 24.5. The highest BCUT2D eigenvalue weighted by molar-refractivity contribution is 5.94. The monoisotopic (exact) mass is 470 g/mol. The molecule has 2 aromatic heterocycles. The number of piperazine rings is 1. The maximum atomic E-state index is 13.7. The zero-order valence-electron chi connectivity index (χ0n) is 19.7. The predicted octanol–water partition coefficient (Wildman–Crippen LogP) is 4.06. The fourth-order valence-corrected chi connectivity index (χ4v) is 4.38. The predicted molar refractivity (Wildman–Crippen MR) is 134 cm³/mol. The molecule has 0 bridgehead atoms. The molecule has 2 aromatic carbocycles. The van der Waals surface area contributed by atoms with Crippen molar-refractivity contribution in [2.75, 3.05) is 31.1 Å². The molecule has 4 aromatic rings. The van der Waals surface area contributed by atoms with Crippen molar-refractivity contribution >= 4 is 17.3 Å². The van der Waals surface area contributed by atoms with Gasteiger partial charge in [0.1, 0.15) is 11.4 Å². The maximum absolute atomic E-state index is 13.7. The molecule has 0 unspecified atom stereocenters. The topological polar surface area (TPSA) is 89.4 Å². The van der Waals surface area contributed by atoms with Gasteiger partial charge in [-0.3, -0.25) is 14.9 Å². The molecule has 5 rings (SSSR count). The van der Waals surface area contributed by atoms with Gasteiger partial charge in [-0.15, -0.1) is 0 Å². The molecule has 0 atom stereocenters. The summed E-state index contributed by atoms with van der Waals surface area (Å²) in [5, 5.41) is 15.7. The second-order valence-corrected chi connectivity index (χ2v) is 8.72. The summed E-state index contributed by atoms with van der Waals surface area (Å²) in [6.07, 6.45) is 1.96. The quantitative estimate of drug-likeness (QED) is 0.324. The van der Waals surface area contributed by atoms with Crippen LogP contribution in [0.3, 0.4) is 0 Å². The van der Waals surface area contributed by atoms with Gasteiger partial charge in [-0.05, 0) is 49.4 Å². The fourth-order valence-electron chi connectivity index (χ4n) is 4.38. The molecule has 1 saturated heterocycles. The Morgan fingerprint density at radius 3 is 2.20 bits per heavy atom. The van der Waals surface area contributed by atoms with E-state index in [0.717, 1.165) is 28.3 Å². The van der Waals surface area contributed by atoms with E-state index in [1.54, 1.807) is 16.8 Å². The van der Waals surface area contributed by atoms with Gasteiger partial charge in [-0.2, -0.15) is 5.10 Å². The van der Waals surface area contributed by atoms with Crippen LogP contribution in [0.5, 0.6) is 0 Å². The number of aromatic nitrogens is 3. The SMILES string of the molecule is Cc1ccc(-n2nc(-c3cccn3C)cc2C(=O)N2CCN(c3ccc([N+](=O)[O-])cc3)CC2)cc1. The molecule has 0 aliphatic carbocycles. The Hall–Kier alpha value is -4.40. The van der Waals surface area contributed by atoms with Crippen molar-refractivity contribution in [1.29, 1.82) is 0 Å². The third kappa shape index (κ3) is 4.40. The Bertz CT molecular complexity index is 1360. The van der Waals surface area contributed by atoms with E-state index in [1.165, 1.54) is 12.1 Å². The van der Waals surface area contributed by atoms with E-state index in [-0.39, 0.29) is 11.6 Å². The van der Waals surface area contributed by atoms with Crippen molar-refractivity contribution in [1.82, 2.24) is 19.2 Å². The second-order valence-electron chi connectivity index (χ2n) is 8.72. The highest BCUT2D eigenvalue weighted by Gasteiger charge is 2.27. The fraction of sp³-hybridized carbons (Fsp3) is 0.231. The number of amides is 1. The van der Waals surface area contributed by atoms with Gasteiger partial charge in [0.25, 0.3) is 11.6 Å². The van der Waals surface area contributed by atoms with Crippen LogP contribution in [-0.2, 0) is 7.05 Å². The number of aryl methyl sites for hydroxylation is 2. The lowest BCUT2D eigenvalue weighted by atomic mass is 10.2. The molecule has 35 heavy (non-hydrogen) atoms. The van der Waals surface area contributed by atoms with Crippen molar-refractivity contribution < 1.29 is 9.72 Å². The van der Waals surface area contributed by atoms with E-state index in [4.69, 9.17) is 5.10 Å². The van der Waals surface area contributed by atoms with Gasteiger partial charge in [-0.1, -0.05) is 17.7 Å².